The maximum atomic E-state index is 12.6. The van der Waals surface area contributed by atoms with E-state index >= 15 is 0 Å². The molecule has 0 aliphatic carbocycles. The van der Waals surface area contributed by atoms with Crippen LogP contribution >= 0.6 is 0 Å². The number of amides is 1. The third-order valence-electron chi connectivity index (χ3n) is 4.24. The Labute approximate surface area is 156 Å². The minimum absolute atomic E-state index is 0.0242. The highest BCUT2D eigenvalue weighted by atomic mass is 19.4. The number of halogens is 3. The molecular weight excluding hydrogens is 357 g/mol. The SMILES string of the molecule is COc1cccc(C(CNC(=O)Cc2ccc(C(F)(F)F)cc2)N(C)C)c1. The van der Waals surface area contributed by atoms with Crippen molar-refractivity contribution < 1.29 is 22.7 Å². The zero-order chi connectivity index (χ0) is 20.0. The van der Waals surface area contributed by atoms with Crippen molar-refractivity contribution in [3.05, 3.63) is 65.2 Å². The van der Waals surface area contributed by atoms with Gasteiger partial charge in [-0.25, -0.2) is 0 Å². The molecule has 1 atom stereocenters. The van der Waals surface area contributed by atoms with Crippen LogP contribution in [0.15, 0.2) is 48.5 Å². The molecule has 2 aromatic carbocycles. The maximum Gasteiger partial charge on any atom is 0.416 e. The maximum absolute atomic E-state index is 12.6. The normalized spacial score (nSPS) is 12.7. The summed E-state index contributed by atoms with van der Waals surface area (Å²) >= 11 is 0. The van der Waals surface area contributed by atoms with E-state index in [0.717, 1.165) is 23.4 Å². The summed E-state index contributed by atoms with van der Waals surface area (Å²) in [4.78, 5) is 14.2. The molecule has 0 aromatic heterocycles. The molecule has 0 saturated carbocycles. The highest BCUT2D eigenvalue weighted by molar-refractivity contribution is 5.78. The summed E-state index contributed by atoms with van der Waals surface area (Å²) in [6.07, 6.45) is -4.35. The fourth-order valence-electron chi connectivity index (χ4n) is 2.72. The lowest BCUT2D eigenvalue weighted by Crippen LogP contribution is -2.35. The molecule has 2 aromatic rings. The van der Waals surface area contributed by atoms with Gasteiger partial charge in [-0.3, -0.25) is 4.79 Å². The monoisotopic (exact) mass is 380 g/mol. The van der Waals surface area contributed by atoms with Gasteiger partial charge in [-0.1, -0.05) is 24.3 Å². The summed E-state index contributed by atoms with van der Waals surface area (Å²) in [5, 5.41) is 2.85. The summed E-state index contributed by atoms with van der Waals surface area (Å²) in [6, 6.07) is 12.2. The van der Waals surface area contributed by atoms with Gasteiger partial charge in [-0.05, 0) is 49.5 Å². The summed E-state index contributed by atoms with van der Waals surface area (Å²) in [7, 11) is 5.41. The molecule has 0 aliphatic rings. The Kier molecular flexibility index (Phi) is 6.85. The van der Waals surface area contributed by atoms with Gasteiger partial charge in [0.15, 0.2) is 0 Å². The number of nitrogens with one attached hydrogen (secondary N) is 1. The lowest BCUT2D eigenvalue weighted by atomic mass is 10.0. The predicted octanol–water partition coefficient (Wildman–Crippen LogP) is 3.68. The molecule has 0 heterocycles. The second-order valence-corrected chi connectivity index (χ2v) is 6.43. The van der Waals surface area contributed by atoms with E-state index in [-0.39, 0.29) is 18.4 Å². The minimum Gasteiger partial charge on any atom is -0.497 e. The highest BCUT2D eigenvalue weighted by Gasteiger charge is 2.30. The van der Waals surface area contributed by atoms with Crippen LogP contribution in [0, 0.1) is 0 Å². The van der Waals surface area contributed by atoms with Crippen molar-refractivity contribution in [2.24, 2.45) is 0 Å². The van der Waals surface area contributed by atoms with Gasteiger partial charge in [-0.2, -0.15) is 13.2 Å². The van der Waals surface area contributed by atoms with Crippen LogP contribution in [0.5, 0.6) is 5.75 Å². The van der Waals surface area contributed by atoms with E-state index in [1.54, 1.807) is 7.11 Å². The van der Waals surface area contributed by atoms with E-state index < -0.39 is 11.7 Å². The van der Waals surface area contributed by atoms with Gasteiger partial charge < -0.3 is 15.0 Å². The number of rotatable bonds is 7. The van der Waals surface area contributed by atoms with Crippen LogP contribution in [-0.2, 0) is 17.4 Å². The zero-order valence-electron chi connectivity index (χ0n) is 15.5. The molecule has 2 rings (SSSR count). The number of hydrogen-bond acceptors (Lipinski definition) is 3. The second-order valence-electron chi connectivity index (χ2n) is 6.43. The lowest BCUT2D eigenvalue weighted by Gasteiger charge is -2.25. The Balaban J connectivity index is 1.97. The predicted molar refractivity (Wildman–Crippen MR) is 97.6 cm³/mol. The van der Waals surface area contributed by atoms with Crippen LogP contribution in [0.3, 0.4) is 0 Å². The summed E-state index contributed by atoms with van der Waals surface area (Å²) in [5.74, 6) is 0.486. The number of methoxy groups -OCH3 is 1. The molecule has 0 saturated heterocycles. The third kappa shape index (κ3) is 5.99. The van der Waals surface area contributed by atoms with Crippen LogP contribution in [0.4, 0.5) is 13.2 Å². The number of nitrogens with zero attached hydrogens (tertiary/aromatic N) is 1. The van der Waals surface area contributed by atoms with E-state index in [0.29, 0.717) is 12.1 Å². The fourth-order valence-corrected chi connectivity index (χ4v) is 2.72. The molecular formula is C20H23F3N2O2. The standard InChI is InChI=1S/C20H23F3N2O2/c1-25(2)18(15-5-4-6-17(12-15)27-3)13-24-19(26)11-14-7-9-16(10-8-14)20(21,22)23/h4-10,12,18H,11,13H2,1-3H3,(H,24,26). The van der Waals surface area contributed by atoms with Crippen molar-refractivity contribution in [3.63, 3.8) is 0 Å². The Bertz CT molecular complexity index is 759. The first-order chi connectivity index (χ1) is 12.7. The number of alkyl halides is 3. The molecule has 146 valence electrons. The summed E-state index contributed by atoms with van der Waals surface area (Å²) < 4.78 is 43.0. The lowest BCUT2D eigenvalue weighted by molar-refractivity contribution is -0.137. The van der Waals surface area contributed by atoms with Gasteiger partial charge >= 0.3 is 6.18 Å². The topological polar surface area (TPSA) is 41.6 Å². The molecule has 7 heteroatoms. The Morgan fingerprint density at radius 1 is 1.15 bits per heavy atom. The van der Waals surface area contributed by atoms with E-state index in [1.165, 1.54) is 12.1 Å². The third-order valence-corrected chi connectivity index (χ3v) is 4.24. The Morgan fingerprint density at radius 3 is 2.37 bits per heavy atom. The van der Waals surface area contributed by atoms with Gasteiger partial charge in [0.1, 0.15) is 5.75 Å². The number of benzene rings is 2. The molecule has 0 radical (unpaired) electrons. The molecule has 1 amide bonds. The number of carbonyl (C=O) groups is 1. The number of hydrogen-bond donors (Lipinski definition) is 1. The molecule has 0 bridgehead atoms. The largest absolute Gasteiger partial charge is 0.497 e. The first kappa shape index (κ1) is 20.8. The average Bonchev–Trinajstić information content (AvgIpc) is 2.61. The molecule has 0 fully saturated rings. The van der Waals surface area contributed by atoms with E-state index in [4.69, 9.17) is 4.74 Å². The number of ether oxygens (including phenoxy) is 1. The van der Waals surface area contributed by atoms with Crippen LogP contribution < -0.4 is 10.1 Å². The van der Waals surface area contributed by atoms with Crippen molar-refractivity contribution in [2.75, 3.05) is 27.7 Å². The average molecular weight is 380 g/mol. The highest BCUT2D eigenvalue weighted by Crippen LogP contribution is 2.29. The van der Waals surface area contributed by atoms with Gasteiger partial charge in [0, 0.05) is 6.54 Å². The molecule has 1 N–H and O–H groups in total. The van der Waals surface area contributed by atoms with E-state index in [2.05, 4.69) is 5.32 Å². The van der Waals surface area contributed by atoms with Crippen molar-refractivity contribution in [3.8, 4) is 5.75 Å². The van der Waals surface area contributed by atoms with Crippen molar-refractivity contribution in [1.82, 2.24) is 10.2 Å². The van der Waals surface area contributed by atoms with Gasteiger partial charge in [0.2, 0.25) is 5.91 Å². The molecule has 4 nitrogen and oxygen atoms in total. The Morgan fingerprint density at radius 2 is 1.81 bits per heavy atom. The first-order valence-corrected chi connectivity index (χ1v) is 8.44. The van der Waals surface area contributed by atoms with Crippen LogP contribution in [0.25, 0.3) is 0 Å². The van der Waals surface area contributed by atoms with Crippen molar-refractivity contribution >= 4 is 5.91 Å². The second kappa shape index (κ2) is 8.90. The van der Waals surface area contributed by atoms with Gasteiger partial charge in [0.25, 0.3) is 0 Å². The van der Waals surface area contributed by atoms with Crippen LogP contribution in [-0.4, -0.2) is 38.6 Å². The summed E-state index contributed by atoms with van der Waals surface area (Å²) in [6.45, 7) is 0.375. The van der Waals surface area contributed by atoms with Crippen LogP contribution in [0.2, 0.25) is 0 Å². The van der Waals surface area contributed by atoms with Crippen molar-refractivity contribution in [1.29, 1.82) is 0 Å². The zero-order valence-corrected chi connectivity index (χ0v) is 15.5. The van der Waals surface area contributed by atoms with Gasteiger partial charge in [0.05, 0.1) is 25.1 Å². The van der Waals surface area contributed by atoms with E-state index in [9.17, 15) is 18.0 Å². The first-order valence-electron chi connectivity index (χ1n) is 8.44. The summed E-state index contributed by atoms with van der Waals surface area (Å²) in [5.41, 5.74) is 0.801. The minimum atomic E-state index is -4.38. The number of carbonyl (C=O) groups excluding carboxylic acids is 1. The molecule has 0 spiro atoms. The van der Waals surface area contributed by atoms with Crippen LogP contribution in [0.1, 0.15) is 22.7 Å². The molecule has 27 heavy (non-hydrogen) atoms. The fraction of sp³-hybridized carbons (Fsp3) is 0.350. The number of likely N-dealkylation sites (N-methyl/N-ethyl adjacent to an activating group) is 1. The smallest absolute Gasteiger partial charge is 0.416 e. The van der Waals surface area contributed by atoms with Crippen molar-refractivity contribution in [2.45, 2.75) is 18.6 Å². The Hall–Kier alpha value is -2.54. The molecule has 1 unspecified atom stereocenters. The molecule has 0 aliphatic heterocycles. The van der Waals surface area contributed by atoms with E-state index in [1.807, 2.05) is 43.3 Å². The quantitative estimate of drug-likeness (QED) is 0.797. The van der Waals surface area contributed by atoms with Gasteiger partial charge in [-0.15, -0.1) is 0 Å².